The van der Waals surface area contributed by atoms with E-state index < -0.39 is 24.2 Å². The van der Waals surface area contributed by atoms with E-state index in [1.165, 1.54) is 19.2 Å². The van der Waals surface area contributed by atoms with Crippen LogP contribution in [0.4, 0.5) is 8.78 Å². The van der Waals surface area contributed by atoms with Gasteiger partial charge in [0.15, 0.2) is 0 Å². The minimum absolute atomic E-state index is 0.117. The Kier molecular flexibility index (Phi) is 9.34. The summed E-state index contributed by atoms with van der Waals surface area (Å²) in [4.78, 5) is 19.9. The first-order chi connectivity index (χ1) is 17.1. The zero-order chi connectivity index (χ0) is 26.3. The highest BCUT2D eigenvalue weighted by atomic mass is 19.1. The van der Waals surface area contributed by atoms with Gasteiger partial charge in [0, 0.05) is 38.0 Å². The average Bonchev–Trinajstić information content (AvgIpc) is 3.24. The number of amides is 1. The molecular weight excluding hydrogens is 462 g/mol. The quantitative estimate of drug-likeness (QED) is 0.404. The van der Waals surface area contributed by atoms with E-state index in [0.29, 0.717) is 30.0 Å². The molecule has 3 aromatic rings. The molecule has 36 heavy (non-hydrogen) atoms. The number of halogens is 2. The first-order valence-electron chi connectivity index (χ1n) is 12.1. The van der Waals surface area contributed by atoms with Gasteiger partial charge in [-0.1, -0.05) is 63.2 Å². The maximum absolute atomic E-state index is 14.0. The zero-order valence-electron chi connectivity index (χ0n) is 21.5. The first-order valence-corrected chi connectivity index (χ1v) is 12.1. The molecule has 2 aromatic carbocycles. The Labute approximate surface area is 212 Å². The number of aromatic nitrogens is 2. The first kappa shape index (κ1) is 27.5. The van der Waals surface area contributed by atoms with Gasteiger partial charge in [0.2, 0.25) is 5.91 Å². The Morgan fingerprint density at radius 3 is 2.50 bits per heavy atom. The molecule has 0 fully saturated rings. The van der Waals surface area contributed by atoms with Crippen molar-refractivity contribution in [3.8, 4) is 11.3 Å². The molecule has 1 aromatic heterocycles. The van der Waals surface area contributed by atoms with Crippen molar-refractivity contribution in [1.82, 2.24) is 14.5 Å². The molecule has 1 amide bonds. The molecule has 194 valence electrons. The van der Waals surface area contributed by atoms with Crippen molar-refractivity contribution in [2.24, 2.45) is 11.1 Å². The second-order valence-electron chi connectivity index (χ2n) is 10.1. The summed E-state index contributed by atoms with van der Waals surface area (Å²) < 4.78 is 34.4. The lowest BCUT2D eigenvalue weighted by atomic mass is 9.84. The van der Waals surface area contributed by atoms with E-state index in [1.54, 1.807) is 11.0 Å². The Balaban J connectivity index is 2.15. The fraction of sp³-hybridized carbons (Fsp3) is 0.429. The van der Waals surface area contributed by atoms with Crippen molar-refractivity contribution >= 4 is 5.91 Å². The summed E-state index contributed by atoms with van der Waals surface area (Å²) in [7, 11) is 1.47. The highest BCUT2D eigenvalue weighted by Crippen LogP contribution is 2.39. The maximum Gasteiger partial charge on any atom is 0.249 e. The molecule has 0 saturated carbocycles. The number of hydrogen-bond acceptors (Lipinski definition) is 4. The molecule has 0 aliphatic heterocycles. The summed E-state index contributed by atoms with van der Waals surface area (Å²) in [6.45, 7) is 6.08. The van der Waals surface area contributed by atoms with E-state index in [4.69, 9.17) is 15.5 Å². The van der Waals surface area contributed by atoms with Crippen LogP contribution in [0.1, 0.15) is 44.6 Å². The normalized spacial score (nSPS) is 13.4. The van der Waals surface area contributed by atoms with Crippen LogP contribution >= 0.6 is 0 Å². The van der Waals surface area contributed by atoms with Crippen molar-refractivity contribution in [2.45, 2.75) is 45.8 Å². The number of rotatable bonds is 11. The number of ether oxygens (including phenoxy) is 1. The molecule has 0 spiro atoms. The highest BCUT2D eigenvalue weighted by Gasteiger charge is 2.38. The number of nitrogens with two attached hydrogens (primary N) is 1. The van der Waals surface area contributed by atoms with Crippen molar-refractivity contribution in [1.29, 1.82) is 0 Å². The number of alkyl halides is 1. The lowest BCUT2D eigenvalue weighted by Crippen LogP contribution is -2.45. The fourth-order valence-corrected chi connectivity index (χ4v) is 4.32. The Morgan fingerprint density at radius 2 is 1.89 bits per heavy atom. The zero-order valence-corrected chi connectivity index (χ0v) is 21.5. The second kappa shape index (κ2) is 12.2. The van der Waals surface area contributed by atoms with Crippen LogP contribution in [0.3, 0.4) is 0 Å². The molecule has 6 nitrogen and oxygen atoms in total. The number of methoxy groups -OCH3 is 1. The molecule has 2 atom stereocenters. The predicted molar refractivity (Wildman–Crippen MR) is 138 cm³/mol. The molecule has 0 aliphatic carbocycles. The topological polar surface area (TPSA) is 73.4 Å². The molecule has 2 N–H and O–H groups in total. The summed E-state index contributed by atoms with van der Waals surface area (Å²) in [5.74, 6) is 0.0741. The molecular formula is C28H36F2N4O2. The molecule has 1 unspecified atom stereocenters. The molecule has 1 heterocycles. The summed E-state index contributed by atoms with van der Waals surface area (Å²) >= 11 is 0. The third kappa shape index (κ3) is 6.98. The van der Waals surface area contributed by atoms with Crippen molar-refractivity contribution in [2.75, 3.05) is 26.9 Å². The number of carbonyl (C=O) groups is 1. The predicted octanol–water partition coefficient (Wildman–Crippen LogP) is 4.99. The van der Waals surface area contributed by atoms with Gasteiger partial charge in [0.1, 0.15) is 24.9 Å². The summed E-state index contributed by atoms with van der Waals surface area (Å²) in [6, 6.07) is 15.1. The van der Waals surface area contributed by atoms with Gasteiger partial charge in [-0.2, -0.15) is 0 Å². The largest absolute Gasteiger partial charge is 0.375 e. The van der Waals surface area contributed by atoms with Crippen molar-refractivity contribution < 1.29 is 18.3 Å². The lowest BCUT2D eigenvalue weighted by Gasteiger charge is -2.40. The Bertz CT molecular complexity index is 1130. The minimum atomic E-state index is -0.671. The van der Waals surface area contributed by atoms with Crippen LogP contribution in [-0.2, 0) is 16.1 Å². The molecule has 0 aliphatic rings. The van der Waals surface area contributed by atoms with Crippen LogP contribution in [0.25, 0.3) is 11.3 Å². The van der Waals surface area contributed by atoms with E-state index in [0.717, 1.165) is 5.56 Å². The fourth-order valence-electron chi connectivity index (χ4n) is 4.32. The SMILES string of the molecule is COCC(=O)N(CCC(N)CF)[C@@H](c1nc(-c2cccc(F)c2)cn1Cc1ccccc1)C(C)(C)C. The number of benzene rings is 2. The third-order valence-corrected chi connectivity index (χ3v) is 6.03. The van der Waals surface area contributed by atoms with Crippen LogP contribution < -0.4 is 5.73 Å². The average molecular weight is 499 g/mol. The number of hydrogen-bond donors (Lipinski definition) is 1. The van der Waals surface area contributed by atoms with Crippen molar-refractivity contribution in [3.63, 3.8) is 0 Å². The van der Waals surface area contributed by atoms with E-state index >= 15 is 0 Å². The molecule has 0 bridgehead atoms. The van der Waals surface area contributed by atoms with E-state index in [9.17, 15) is 13.6 Å². The van der Waals surface area contributed by atoms with Gasteiger partial charge in [0.25, 0.3) is 0 Å². The van der Waals surface area contributed by atoms with Gasteiger partial charge in [-0.3, -0.25) is 4.79 Å². The van der Waals surface area contributed by atoms with Crippen LogP contribution in [0.15, 0.2) is 60.8 Å². The summed E-state index contributed by atoms with van der Waals surface area (Å²) in [6.07, 6.45) is 2.19. The molecule has 0 radical (unpaired) electrons. The Hall–Kier alpha value is -3.10. The van der Waals surface area contributed by atoms with Gasteiger partial charge in [-0.25, -0.2) is 13.8 Å². The molecule has 8 heteroatoms. The van der Waals surface area contributed by atoms with E-state index in [2.05, 4.69) is 0 Å². The molecule has 0 saturated heterocycles. The smallest absolute Gasteiger partial charge is 0.249 e. The maximum atomic E-state index is 14.0. The lowest BCUT2D eigenvalue weighted by molar-refractivity contribution is -0.140. The third-order valence-electron chi connectivity index (χ3n) is 6.03. The second-order valence-corrected chi connectivity index (χ2v) is 10.1. The molecule has 3 rings (SSSR count). The standard InChI is InChI=1S/C28H36F2N4O2/c1-28(2,3)26(34(25(35)19-36-4)14-13-23(31)16-29)27-32-24(21-11-8-12-22(30)15-21)18-33(27)17-20-9-6-5-7-10-20/h5-12,15,18,23,26H,13-14,16-17,19,31H2,1-4H3/t23?,26-/m0/s1. The van der Waals surface area contributed by atoms with Gasteiger partial charge >= 0.3 is 0 Å². The number of nitrogens with zero attached hydrogens (tertiary/aromatic N) is 3. The van der Waals surface area contributed by atoms with Crippen LogP contribution in [-0.4, -0.2) is 53.3 Å². The van der Waals surface area contributed by atoms with Crippen LogP contribution in [0, 0.1) is 11.2 Å². The summed E-state index contributed by atoms with van der Waals surface area (Å²) in [5, 5.41) is 0. The van der Waals surface area contributed by atoms with E-state index in [-0.39, 0.29) is 24.9 Å². The number of imidazole rings is 1. The highest BCUT2D eigenvalue weighted by molar-refractivity contribution is 5.78. The number of carbonyl (C=O) groups excluding carboxylic acids is 1. The minimum Gasteiger partial charge on any atom is -0.375 e. The van der Waals surface area contributed by atoms with Crippen LogP contribution in [0.5, 0.6) is 0 Å². The van der Waals surface area contributed by atoms with Gasteiger partial charge in [0.05, 0.1) is 11.7 Å². The van der Waals surface area contributed by atoms with Gasteiger partial charge in [-0.05, 0) is 29.5 Å². The summed E-state index contributed by atoms with van der Waals surface area (Å²) in [5.41, 5.74) is 7.74. The van der Waals surface area contributed by atoms with Crippen molar-refractivity contribution in [3.05, 3.63) is 78.0 Å². The van der Waals surface area contributed by atoms with E-state index in [1.807, 2.05) is 67.9 Å². The Morgan fingerprint density at radius 1 is 1.17 bits per heavy atom. The monoisotopic (exact) mass is 498 g/mol. The van der Waals surface area contributed by atoms with Crippen LogP contribution in [0.2, 0.25) is 0 Å². The van der Waals surface area contributed by atoms with Gasteiger partial charge < -0.3 is 19.9 Å². The van der Waals surface area contributed by atoms with Gasteiger partial charge in [-0.15, -0.1) is 0 Å².